The normalized spacial score (nSPS) is 12.3. The number of benzene rings is 3. The molecule has 0 aliphatic carbocycles. The second-order valence-corrected chi connectivity index (χ2v) is 9.40. The van der Waals surface area contributed by atoms with Gasteiger partial charge in [-0.05, 0) is 45.0 Å². The second kappa shape index (κ2) is 11.2. The van der Waals surface area contributed by atoms with E-state index >= 15 is 0 Å². The Morgan fingerprint density at radius 1 is 0.865 bits per heavy atom. The van der Waals surface area contributed by atoms with E-state index < -0.39 is 0 Å². The Balaban J connectivity index is 0.000000178. The van der Waals surface area contributed by atoms with Crippen molar-refractivity contribution in [2.75, 3.05) is 0 Å². The minimum Gasteiger partial charge on any atom is -0.516 e. The first-order chi connectivity index (χ1) is 17.4. The summed E-state index contributed by atoms with van der Waals surface area (Å²) >= 11 is 0. The summed E-state index contributed by atoms with van der Waals surface area (Å²) in [5.41, 5.74) is 8.52. The molecule has 0 saturated heterocycles. The molecule has 6 rings (SSSR count). The Morgan fingerprint density at radius 3 is 2.38 bits per heavy atom. The number of hydrogen-bond donors (Lipinski definition) is 0. The number of pyridine rings is 1. The molecule has 37 heavy (non-hydrogen) atoms. The summed E-state index contributed by atoms with van der Waals surface area (Å²) in [6, 6.07) is 30.5. The molecule has 3 heterocycles. The van der Waals surface area contributed by atoms with Crippen LogP contribution in [0.5, 0.6) is 0 Å². The first-order valence-electron chi connectivity index (χ1n) is 12.2. The van der Waals surface area contributed by atoms with E-state index in [0.717, 1.165) is 38.9 Å². The van der Waals surface area contributed by atoms with Crippen LogP contribution < -0.4 is 0 Å². The van der Waals surface area contributed by atoms with Crippen molar-refractivity contribution in [3.8, 4) is 11.3 Å². The third kappa shape index (κ3) is 5.70. The molecule has 2 aromatic heterocycles. The summed E-state index contributed by atoms with van der Waals surface area (Å²) < 4.78 is 9.84. The molecule has 5 aromatic rings. The summed E-state index contributed by atoms with van der Waals surface area (Å²) in [7, 11) is 0. The molecule has 0 spiro atoms. The number of furan rings is 1. The average molecular weight is 664 g/mol. The van der Waals surface area contributed by atoms with Gasteiger partial charge in [-0.1, -0.05) is 57.4 Å². The molecule has 0 bridgehead atoms. The Morgan fingerprint density at radius 2 is 1.68 bits per heavy atom. The van der Waals surface area contributed by atoms with E-state index in [1.165, 1.54) is 16.7 Å². The first kappa shape index (κ1) is 26.4. The number of hydrogen-bond acceptors (Lipinski definition) is 2. The van der Waals surface area contributed by atoms with Crippen molar-refractivity contribution in [2.45, 2.75) is 40.7 Å². The minimum absolute atomic E-state index is 0. The van der Waals surface area contributed by atoms with Crippen molar-refractivity contribution in [2.24, 2.45) is 0 Å². The van der Waals surface area contributed by atoms with E-state index in [1.54, 1.807) is 0 Å². The Kier molecular flexibility index (Phi) is 8.00. The topological polar surface area (TPSA) is 32.0 Å². The molecule has 1 aliphatic heterocycles. The number of nitrogens with zero attached hydrogens (tertiary/aromatic N) is 3. The maximum Gasteiger partial charge on any atom is 0.493 e. The molecule has 3 aromatic carbocycles. The SMILES string of the molecule is CC(C)[N+]1=C=[N+](c2[c-]cc3oc4ccccc4c3c2)C=C1.Cc1c[c-]c(-c2cc(C)c(C)cn2)cc1.[Ir]. The molecule has 0 atom stereocenters. The van der Waals surface area contributed by atoms with Crippen LogP contribution in [0.1, 0.15) is 30.5 Å². The van der Waals surface area contributed by atoms with Crippen LogP contribution in [0.3, 0.4) is 0 Å². The van der Waals surface area contributed by atoms with Crippen LogP contribution in [0.4, 0.5) is 5.69 Å². The molecule has 1 radical (unpaired) electrons. The largest absolute Gasteiger partial charge is 0.516 e. The monoisotopic (exact) mass is 664 g/mol. The molecule has 187 valence electrons. The molecule has 0 amide bonds. The van der Waals surface area contributed by atoms with Crippen molar-refractivity contribution in [1.29, 1.82) is 0 Å². The van der Waals surface area contributed by atoms with Crippen molar-refractivity contribution < 1.29 is 33.7 Å². The van der Waals surface area contributed by atoms with Gasteiger partial charge in [0.15, 0.2) is 6.04 Å². The number of rotatable bonds is 3. The fraction of sp³-hybridized carbons (Fsp3) is 0.188. The summed E-state index contributed by atoms with van der Waals surface area (Å²) in [5.74, 6) is 0. The second-order valence-electron chi connectivity index (χ2n) is 9.40. The van der Waals surface area contributed by atoms with Gasteiger partial charge in [0.1, 0.15) is 11.3 Å². The van der Waals surface area contributed by atoms with E-state index in [-0.39, 0.29) is 20.1 Å². The standard InChI is InChI=1S/C18H15N2O.C14H14N.Ir/c1-13(2)19-9-10-20(12-19)14-7-8-18-16(11-14)15-5-3-4-6-17(15)21-18;1-10-4-6-13(7-5-10)14-8-11(2)12(3)9-15-14;/h3-6,8-11,13H,1-2H3;4-6,8-9H,1-3H3;/q+1;-1;. The number of fused-ring (bicyclic) bond motifs is 3. The molecular formula is C32H29IrN3O. The van der Waals surface area contributed by atoms with E-state index in [9.17, 15) is 0 Å². The minimum atomic E-state index is 0. The van der Waals surface area contributed by atoms with Crippen molar-refractivity contribution >= 4 is 33.6 Å². The van der Waals surface area contributed by atoms with Crippen LogP contribution in [0.15, 0.2) is 83.7 Å². The average Bonchev–Trinajstić information content (AvgIpc) is 3.52. The zero-order valence-corrected chi connectivity index (χ0v) is 24.1. The van der Waals surface area contributed by atoms with Gasteiger partial charge >= 0.3 is 6.01 Å². The van der Waals surface area contributed by atoms with Gasteiger partial charge < -0.3 is 9.40 Å². The van der Waals surface area contributed by atoms with Crippen molar-refractivity contribution in [1.82, 2.24) is 4.98 Å². The molecule has 0 N–H and O–H groups in total. The smallest absolute Gasteiger partial charge is 0.493 e. The quantitative estimate of drug-likeness (QED) is 0.147. The van der Waals surface area contributed by atoms with Gasteiger partial charge in [0.25, 0.3) is 6.20 Å². The van der Waals surface area contributed by atoms with Gasteiger partial charge in [0.2, 0.25) is 6.20 Å². The third-order valence-corrected chi connectivity index (χ3v) is 6.33. The van der Waals surface area contributed by atoms with Crippen LogP contribution in [0, 0.1) is 32.9 Å². The van der Waals surface area contributed by atoms with Crippen LogP contribution in [-0.4, -0.2) is 26.2 Å². The maximum absolute atomic E-state index is 5.83. The van der Waals surface area contributed by atoms with Crippen molar-refractivity contribution in [3.63, 3.8) is 0 Å². The molecule has 0 saturated carbocycles. The van der Waals surface area contributed by atoms with Gasteiger partial charge in [0, 0.05) is 37.3 Å². The zero-order chi connectivity index (χ0) is 25.2. The van der Waals surface area contributed by atoms with Gasteiger partial charge in [-0.3, -0.25) is 0 Å². The number of aryl methyl sites for hydroxylation is 3. The van der Waals surface area contributed by atoms with E-state index in [0.29, 0.717) is 6.04 Å². The van der Waals surface area contributed by atoms with Gasteiger partial charge in [-0.25, -0.2) is 0 Å². The van der Waals surface area contributed by atoms with E-state index in [4.69, 9.17) is 4.42 Å². The van der Waals surface area contributed by atoms with Crippen LogP contribution in [0.25, 0.3) is 33.2 Å². The third-order valence-electron chi connectivity index (χ3n) is 6.33. The maximum atomic E-state index is 5.83. The van der Waals surface area contributed by atoms with Crippen LogP contribution >= 0.6 is 0 Å². The first-order valence-corrected chi connectivity index (χ1v) is 12.2. The zero-order valence-electron chi connectivity index (χ0n) is 21.7. The van der Waals surface area contributed by atoms with Gasteiger partial charge in [0.05, 0.1) is 0 Å². The van der Waals surface area contributed by atoms with Crippen molar-refractivity contribution in [3.05, 3.63) is 108 Å². The Bertz CT molecular complexity index is 1670. The fourth-order valence-electron chi connectivity index (χ4n) is 3.98. The van der Waals surface area contributed by atoms with Gasteiger partial charge in [-0.2, -0.15) is 0 Å². The summed E-state index contributed by atoms with van der Waals surface area (Å²) in [5, 5.41) is 2.24. The fourth-order valence-corrected chi connectivity index (χ4v) is 3.98. The van der Waals surface area contributed by atoms with E-state index in [1.807, 2.05) is 58.1 Å². The van der Waals surface area contributed by atoms with Crippen LogP contribution in [-0.2, 0) is 20.1 Å². The molecule has 0 fully saturated rings. The summed E-state index contributed by atoms with van der Waals surface area (Å²) in [4.78, 5) is 4.41. The molecule has 4 nitrogen and oxygen atoms in total. The Labute approximate surface area is 231 Å². The Hall–Kier alpha value is -3.62. The molecule has 5 heteroatoms. The molecule has 1 aliphatic rings. The summed E-state index contributed by atoms with van der Waals surface area (Å²) in [6.07, 6.45) is 5.94. The predicted molar refractivity (Wildman–Crippen MR) is 145 cm³/mol. The molecular weight excluding hydrogens is 635 g/mol. The predicted octanol–water partition coefficient (Wildman–Crippen LogP) is 7.58. The number of aromatic nitrogens is 1. The molecule has 0 unspecified atom stereocenters. The van der Waals surface area contributed by atoms with Crippen LogP contribution in [0.2, 0.25) is 0 Å². The summed E-state index contributed by atoms with van der Waals surface area (Å²) in [6.45, 7) is 10.5. The van der Waals surface area contributed by atoms with E-state index in [2.05, 4.69) is 88.1 Å². The number of para-hydroxylation sites is 1. The van der Waals surface area contributed by atoms with Gasteiger partial charge in [-0.15, -0.1) is 47.5 Å².